The van der Waals surface area contributed by atoms with Gasteiger partial charge in [-0.1, -0.05) is 17.7 Å². The first-order valence-corrected chi connectivity index (χ1v) is 9.01. The first-order chi connectivity index (χ1) is 13.5. The molecule has 4 rings (SSSR count). The van der Waals surface area contributed by atoms with E-state index in [2.05, 4.69) is 15.7 Å². The van der Waals surface area contributed by atoms with Crippen molar-refractivity contribution in [3.05, 3.63) is 59.6 Å². The molecule has 1 atom stereocenters. The minimum atomic E-state index is -0.755. The molecule has 142 valence electrons. The predicted octanol–water partition coefficient (Wildman–Crippen LogP) is 3.73. The quantitative estimate of drug-likeness (QED) is 0.703. The van der Waals surface area contributed by atoms with E-state index in [1.165, 1.54) is 0 Å². The highest BCUT2D eigenvalue weighted by atomic mass is 35.5. The number of hydrogen-bond donors (Lipinski definition) is 2. The van der Waals surface area contributed by atoms with E-state index in [0.29, 0.717) is 22.2 Å². The molecule has 0 bridgehead atoms. The summed E-state index contributed by atoms with van der Waals surface area (Å²) < 4.78 is 6.71. The number of carbonyl (C=O) groups is 2. The molecule has 2 amide bonds. The molecule has 0 aliphatic carbocycles. The van der Waals surface area contributed by atoms with Crippen LogP contribution in [0.15, 0.2) is 54.6 Å². The minimum Gasteiger partial charge on any atom is -0.497 e. The van der Waals surface area contributed by atoms with E-state index < -0.39 is 6.04 Å². The number of halogens is 1. The molecular weight excluding hydrogens is 380 g/mol. The number of carbonyl (C=O) groups excluding carboxylic acids is 2. The topological polar surface area (TPSA) is 85.2 Å². The van der Waals surface area contributed by atoms with Crippen LogP contribution in [0.1, 0.15) is 12.5 Å². The van der Waals surface area contributed by atoms with Gasteiger partial charge in [-0.3, -0.25) is 9.59 Å². The molecule has 0 spiro atoms. The maximum Gasteiger partial charge on any atom is 0.249 e. The van der Waals surface area contributed by atoms with Crippen molar-refractivity contribution in [2.45, 2.75) is 12.5 Å². The maximum atomic E-state index is 12.8. The van der Waals surface area contributed by atoms with E-state index in [0.717, 1.165) is 11.3 Å². The van der Waals surface area contributed by atoms with Crippen molar-refractivity contribution in [1.82, 2.24) is 9.78 Å². The molecule has 1 aliphatic heterocycles. The van der Waals surface area contributed by atoms with Gasteiger partial charge in [-0.2, -0.15) is 5.10 Å². The van der Waals surface area contributed by atoms with Crippen LogP contribution in [0, 0.1) is 0 Å². The summed E-state index contributed by atoms with van der Waals surface area (Å²) in [4.78, 5) is 24.9. The number of aromatic nitrogens is 2. The summed E-state index contributed by atoms with van der Waals surface area (Å²) in [5, 5.41) is 10.6. The Bertz CT molecular complexity index is 1050. The van der Waals surface area contributed by atoms with Crippen molar-refractivity contribution in [3.63, 3.8) is 0 Å². The van der Waals surface area contributed by atoms with Crippen molar-refractivity contribution in [2.75, 3.05) is 17.7 Å². The van der Waals surface area contributed by atoms with Gasteiger partial charge in [-0.25, -0.2) is 4.68 Å². The summed E-state index contributed by atoms with van der Waals surface area (Å²) in [5.41, 5.74) is 2.07. The second-order valence-corrected chi connectivity index (χ2v) is 6.79. The molecule has 1 aliphatic rings. The third-order valence-electron chi connectivity index (χ3n) is 4.46. The second kappa shape index (κ2) is 7.36. The first kappa shape index (κ1) is 18.1. The molecule has 2 heterocycles. The van der Waals surface area contributed by atoms with Gasteiger partial charge in [0.05, 0.1) is 19.2 Å². The normalized spacial score (nSPS) is 15.5. The van der Waals surface area contributed by atoms with Gasteiger partial charge < -0.3 is 15.4 Å². The standard InChI is InChI=1S/C20H17ClN4O3/c1-28-15-7-5-12(6-8-15)16-10-18-23-19(26)11-17(25(18)24-16)20(27)22-14-4-2-3-13(21)9-14/h2-10,17H,11H2,1H3,(H,22,27)(H,23,26). The van der Waals surface area contributed by atoms with E-state index in [1.807, 2.05) is 24.3 Å². The summed E-state index contributed by atoms with van der Waals surface area (Å²) in [6.45, 7) is 0. The van der Waals surface area contributed by atoms with Gasteiger partial charge >= 0.3 is 0 Å². The summed E-state index contributed by atoms with van der Waals surface area (Å²) >= 11 is 5.97. The Morgan fingerprint density at radius 1 is 1.25 bits per heavy atom. The smallest absolute Gasteiger partial charge is 0.249 e. The maximum absolute atomic E-state index is 12.8. The third kappa shape index (κ3) is 3.57. The number of ether oxygens (including phenoxy) is 1. The number of benzene rings is 2. The molecule has 1 unspecified atom stereocenters. The van der Waals surface area contributed by atoms with E-state index in [9.17, 15) is 9.59 Å². The molecule has 3 aromatic rings. The number of methoxy groups -OCH3 is 1. The largest absolute Gasteiger partial charge is 0.497 e. The number of nitrogens with zero attached hydrogens (tertiary/aromatic N) is 2. The molecule has 2 aromatic carbocycles. The van der Waals surface area contributed by atoms with Gasteiger partial charge in [0, 0.05) is 22.3 Å². The lowest BCUT2D eigenvalue weighted by molar-refractivity contribution is -0.125. The fraction of sp³-hybridized carbons (Fsp3) is 0.150. The van der Waals surface area contributed by atoms with Crippen LogP contribution in [0.3, 0.4) is 0 Å². The summed E-state index contributed by atoms with van der Waals surface area (Å²) in [5.74, 6) is 0.649. The van der Waals surface area contributed by atoms with E-state index >= 15 is 0 Å². The van der Waals surface area contributed by atoms with Crippen LogP contribution < -0.4 is 15.4 Å². The zero-order valence-electron chi connectivity index (χ0n) is 15.0. The highest BCUT2D eigenvalue weighted by Crippen LogP contribution is 2.31. The Hall–Kier alpha value is -3.32. The molecule has 0 fully saturated rings. The first-order valence-electron chi connectivity index (χ1n) is 8.64. The Morgan fingerprint density at radius 2 is 2.04 bits per heavy atom. The number of rotatable bonds is 4. The number of hydrogen-bond acceptors (Lipinski definition) is 4. The van der Waals surface area contributed by atoms with Crippen molar-refractivity contribution in [3.8, 4) is 17.0 Å². The van der Waals surface area contributed by atoms with Crippen molar-refractivity contribution < 1.29 is 14.3 Å². The van der Waals surface area contributed by atoms with Crippen LogP contribution in [-0.2, 0) is 9.59 Å². The van der Waals surface area contributed by atoms with E-state index in [-0.39, 0.29) is 18.2 Å². The number of nitrogens with one attached hydrogen (secondary N) is 2. The molecule has 0 saturated heterocycles. The molecule has 0 saturated carbocycles. The number of fused-ring (bicyclic) bond motifs is 1. The summed E-state index contributed by atoms with van der Waals surface area (Å²) in [6, 6.07) is 15.2. The zero-order chi connectivity index (χ0) is 19.7. The van der Waals surface area contributed by atoms with Gasteiger partial charge in [-0.15, -0.1) is 0 Å². The van der Waals surface area contributed by atoms with Crippen LogP contribution in [0.5, 0.6) is 5.75 Å². The van der Waals surface area contributed by atoms with Gasteiger partial charge in [-0.05, 0) is 42.5 Å². The van der Waals surface area contributed by atoms with Gasteiger partial charge in [0.2, 0.25) is 11.8 Å². The molecule has 1 aromatic heterocycles. The number of amides is 2. The number of anilines is 2. The molecule has 7 nitrogen and oxygen atoms in total. The molecule has 0 radical (unpaired) electrons. The van der Waals surface area contributed by atoms with Crippen LogP contribution in [0.2, 0.25) is 5.02 Å². The lowest BCUT2D eigenvalue weighted by Crippen LogP contribution is -2.35. The Labute approximate surface area is 166 Å². The highest BCUT2D eigenvalue weighted by molar-refractivity contribution is 6.30. The molecular formula is C20H17ClN4O3. The van der Waals surface area contributed by atoms with Crippen molar-refractivity contribution in [2.24, 2.45) is 0 Å². The lowest BCUT2D eigenvalue weighted by atomic mass is 10.1. The fourth-order valence-corrected chi connectivity index (χ4v) is 3.27. The summed E-state index contributed by atoms with van der Waals surface area (Å²) in [6.07, 6.45) is 0.00311. The highest BCUT2D eigenvalue weighted by Gasteiger charge is 2.32. The van der Waals surface area contributed by atoms with E-state index in [4.69, 9.17) is 16.3 Å². The molecule has 2 N–H and O–H groups in total. The monoisotopic (exact) mass is 396 g/mol. The molecule has 8 heteroatoms. The van der Waals surface area contributed by atoms with Gasteiger partial charge in [0.15, 0.2) is 0 Å². The Morgan fingerprint density at radius 3 is 2.75 bits per heavy atom. The lowest BCUT2D eigenvalue weighted by Gasteiger charge is -2.23. The Balaban J connectivity index is 1.63. The van der Waals surface area contributed by atoms with Crippen LogP contribution >= 0.6 is 11.6 Å². The summed E-state index contributed by atoms with van der Waals surface area (Å²) in [7, 11) is 1.60. The van der Waals surface area contributed by atoms with Crippen LogP contribution in [-0.4, -0.2) is 28.7 Å². The molecule has 28 heavy (non-hydrogen) atoms. The zero-order valence-corrected chi connectivity index (χ0v) is 15.7. The van der Waals surface area contributed by atoms with Crippen LogP contribution in [0.25, 0.3) is 11.3 Å². The Kier molecular flexibility index (Phi) is 4.75. The van der Waals surface area contributed by atoms with Gasteiger partial charge in [0.1, 0.15) is 17.6 Å². The van der Waals surface area contributed by atoms with E-state index in [1.54, 1.807) is 42.1 Å². The average Bonchev–Trinajstić information content (AvgIpc) is 3.11. The minimum absolute atomic E-state index is 0.00311. The third-order valence-corrected chi connectivity index (χ3v) is 4.69. The average molecular weight is 397 g/mol. The predicted molar refractivity (Wildman–Crippen MR) is 107 cm³/mol. The van der Waals surface area contributed by atoms with Crippen molar-refractivity contribution in [1.29, 1.82) is 0 Å². The van der Waals surface area contributed by atoms with Gasteiger partial charge in [0.25, 0.3) is 0 Å². The fourth-order valence-electron chi connectivity index (χ4n) is 3.08. The van der Waals surface area contributed by atoms with Crippen molar-refractivity contribution >= 4 is 34.9 Å². The second-order valence-electron chi connectivity index (χ2n) is 6.36. The van der Waals surface area contributed by atoms with Crippen LogP contribution in [0.4, 0.5) is 11.5 Å². The SMILES string of the molecule is COc1ccc(-c2cc3n(n2)C(C(=O)Nc2cccc(Cl)c2)CC(=O)N3)cc1.